The largest absolute Gasteiger partial charge is 0.480 e. The highest BCUT2D eigenvalue weighted by molar-refractivity contribution is 5.83. The fourth-order valence-corrected chi connectivity index (χ4v) is 5.62. The third-order valence-corrected chi connectivity index (χ3v) is 8.74. The molecule has 0 aliphatic heterocycles. The molecule has 1 amide bonds. The van der Waals surface area contributed by atoms with Crippen molar-refractivity contribution in [2.45, 2.75) is 187 Å². The maximum atomic E-state index is 12.7. The Balaban J connectivity index is 4.48. The van der Waals surface area contributed by atoms with Crippen LogP contribution >= 0.6 is 0 Å². The summed E-state index contributed by atoms with van der Waals surface area (Å²) in [5.74, 6) is -1.35. The van der Waals surface area contributed by atoms with Gasteiger partial charge >= 0.3 is 11.9 Å². The Hall–Kier alpha value is -3.19. The van der Waals surface area contributed by atoms with Crippen molar-refractivity contribution in [2.24, 2.45) is 5.73 Å². The minimum absolute atomic E-state index is 0.114. The van der Waals surface area contributed by atoms with Crippen LogP contribution in [0.2, 0.25) is 0 Å². The van der Waals surface area contributed by atoms with Gasteiger partial charge in [-0.1, -0.05) is 132 Å². The van der Waals surface area contributed by atoms with Crippen LogP contribution in [0.4, 0.5) is 0 Å². The molecular formula is C45H76N2O5. The highest BCUT2D eigenvalue weighted by Crippen LogP contribution is 2.15. The van der Waals surface area contributed by atoms with Gasteiger partial charge in [0.2, 0.25) is 5.91 Å². The molecule has 0 saturated heterocycles. The first kappa shape index (κ1) is 48.8. The summed E-state index contributed by atoms with van der Waals surface area (Å²) in [5, 5.41) is 11.9. The summed E-state index contributed by atoms with van der Waals surface area (Å²) >= 11 is 0. The molecule has 296 valence electrons. The second kappa shape index (κ2) is 39.0. The normalized spacial score (nSPS) is 13.4. The van der Waals surface area contributed by atoms with E-state index in [4.69, 9.17) is 10.5 Å². The molecule has 52 heavy (non-hydrogen) atoms. The van der Waals surface area contributed by atoms with E-state index in [-0.39, 0.29) is 18.0 Å². The predicted molar refractivity (Wildman–Crippen MR) is 220 cm³/mol. The van der Waals surface area contributed by atoms with Crippen LogP contribution in [-0.4, -0.2) is 41.6 Å². The van der Waals surface area contributed by atoms with E-state index in [0.29, 0.717) is 32.2 Å². The number of hydrogen-bond acceptors (Lipinski definition) is 5. The molecule has 0 aliphatic rings. The fraction of sp³-hybridized carbons (Fsp3) is 0.667. The molecule has 7 nitrogen and oxygen atoms in total. The van der Waals surface area contributed by atoms with Crippen molar-refractivity contribution >= 4 is 17.8 Å². The minimum Gasteiger partial charge on any atom is -0.480 e. The maximum absolute atomic E-state index is 12.7. The van der Waals surface area contributed by atoms with Crippen molar-refractivity contribution in [3.05, 3.63) is 72.9 Å². The molecule has 0 spiro atoms. The van der Waals surface area contributed by atoms with Gasteiger partial charge < -0.3 is 20.9 Å². The number of nitrogens with two attached hydrogens (primary N) is 1. The van der Waals surface area contributed by atoms with Gasteiger partial charge in [-0.2, -0.15) is 0 Å². The lowest BCUT2D eigenvalue weighted by atomic mass is 10.1. The van der Waals surface area contributed by atoms with Gasteiger partial charge in [-0.3, -0.25) is 9.59 Å². The molecule has 4 N–H and O–H groups in total. The van der Waals surface area contributed by atoms with Gasteiger partial charge in [0, 0.05) is 12.8 Å². The maximum Gasteiger partial charge on any atom is 0.326 e. The number of allylic oxidation sites excluding steroid dienone is 11. The molecule has 0 radical (unpaired) electrons. The smallest absolute Gasteiger partial charge is 0.326 e. The Morgan fingerprint density at radius 3 is 1.71 bits per heavy atom. The second-order valence-corrected chi connectivity index (χ2v) is 13.7. The van der Waals surface area contributed by atoms with E-state index in [9.17, 15) is 19.5 Å². The van der Waals surface area contributed by atoms with E-state index in [1.165, 1.54) is 32.1 Å². The lowest BCUT2D eigenvalue weighted by Gasteiger charge is -2.15. The average Bonchev–Trinajstić information content (AvgIpc) is 3.13. The molecule has 0 bridgehead atoms. The van der Waals surface area contributed by atoms with Crippen LogP contribution in [0, 0.1) is 0 Å². The second-order valence-electron chi connectivity index (χ2n) is 13.7. The van der Waals surface area contributed by atoms with Crippen molar-refractivity contribution in [3.8, 4) is 0 Å². The summed E-state index contributed by atoms with van der Waals surface area (Å²) in [6.45, 7) is 4.78. The number of aliphatic carboxylic acids is 1. The van der Waals surface area contributed by atoms with Crippen LogP contribution in [0.3, 0.4) is 0 Å². The molecule has 0 aromatic rings. The van der Waals surface area contributed by atoms with E-state index in [2.05, 4.69) is 86.0 Å². The number of ether oxygens (including phenoxy) is 1. The quantitative estimate of drug-likeness (QED) is 0.0336. The lowest BCUT2D eigenvalue weighted by Crippen LogP contribution is -2.40. The summed E-state index contributed by atoms with van der Waals surface area (Å²) < 4.78 is 5.92. The fourth-order valence-electron chi connectivity index (χ4n) is 5.62. The van der Waals surface area contributed by atoms with Gasteiger partial charge in [0.05, 0.1) is 0 Å². The standard InChI is InChI=1S/C45H76N2O5/c1-3-5-7-9-11-13-15-16-17-18-20-22-24-29-33-39-44(49)52-41(35-30-26-23-21-19-14-12-10-8-6-4-2)36-31-27-25-28-32-38-43(48)47-42(45(50)51)37-34-40-46/h5,7,11-14,16-17,21,23,30,35,41-42H,3-4,6,8-10,15,18-20,22,24-29,31-34,36-40,46H2,1-2H3,(H,47,48)(H,50,51)/b7-5-,13-11-,14-12-,17-16-,23-21-,35-30-. The number of amides is 1. The van der Waals surface area contributed by atoms with E-state index in [1.54, 1.807) is 0 Å². The van der Waals surface area contributed by atoms with Crippen molar-refractivity contribution < 1.29 is 24.2 Å². The van der Waals surface area contributed by atoms with Crippen LogP contribution in [0.5, 0.6) is 0 Å². The number of carboxylic acid groups (broad SMARTS) is 1. The van der Waals surface area contributed by atoms with Crippen LogP contribution in [-0.2, 0) is 19.1 Å². The van der Waals surface area contributed by atoms with Gasteiger partial charge in [0.15, 0.2) is 0 Å². The van der Waals surface area contributed by atoms with E-state index in [0.717, 1.165) is 103 Å². The number of carboxylic acids is 1. The molecule has 2 unspecified atom stereocenters. The summed E-state index contributed by atoms with van der Waals surface area (Å²) in [5.41, 5.74) is 5.47. The molecule has 0 aliphatic carbocycles. The van der Waals surface area contributed by atoms with Crippen molar-refractivity contribution in [2.75, 3.05) is 6.54 Å². The van der Waals surface area contributed by atoms with Gasteiger partial charge in [0.25, 0.3) is 0 Å². The zero-order valence-electron chi connectivity index (χ0n) is 33.1. The molecule has 0 rings (SSSR count). The third kappa shape index (κ3) is 35.2. The molecular weight excluding hydrogens is 649 g/mol. The third-order valence-electron chi connectivity index (χ3n) is 8.74. The average molecular weight is 725 g/mol. The van der Waals surface area contributed by atoms with Crippen LogP contribution < -0.4 is 11.1 Å². The Labute approximate surface area is 318 Å². The zero-order valence-corrected chi connectivity index (χ0v) is 33.1. The SMILES string of the molecule is CC/C=C\C/C=C\C/C=C\CCCCCCCC(=O)OC(/C=C\C/C=C\C/C=C\CCCCC)CCCCCCCC(=O)NC(CCCN)C(=O)O. The lowest BCUT2D eigenvalue weighted by molar-refractivity contribution is -0.147. The number of unbranched alkanes of at least 4 members (excludes halogenated alkanes) is 12. The molecule has 0 heterocycles. The van der Waals surface area contributed by atoms with Gasteiger partial charge in [-0.25, -0.2) is 4.79 Å². The van der Waals surface area contributed by atoms with Crippen LogP contribution in [0.15, 0.2) is 72.9 Å². The minimum atomic E-state index is -1.02. The summed E-state index contributed by atoms with van der Waals surface area (Å²) in [6.07, 6.45) is 49.5. The first-order valence-corrected chi connectivity index (χ1v) is 20.8. The highest BCUT2D eigenvalue weighted by atomic mass is 16.5. The number of carbonyl (C=O) groups excluding carboxylic acids is 2. The van der Waals surface area contributed by atoms with E-state index in [1.807, 2.05) is 6.08 Å². The Bertz CT molecular complexity index is 1040. The molecule has 7 heteroatoms. The number of nitrogens with one attached hydrogen (secondary N) is 1. The topological polar surface area (TPSA) is 119 Å². The number of esters is 1. The number of rotatable bonds is 36. The van der Waals surface area contributed by atoms with Gasteiger partial charge in [-0.05, 0) is 109 Å². The molecule has 0 fully saturated rings. The highest BCUT2D eigenvalue weighted by Gasteiger charge is 2.18. The molecule has 0 aromatic carbocycles. The molecule has 0 saturated carbocycles. The van der Waals surface area contributed by atoms with Gasteiger partial charge in [-0.15, -0.1) is 0 Å². The zero-order chi connectivity index (χ0) is 38.2. The van der Waals surface area contributed by atoms with E-state index < -0.39 is 12.0 Å². The Morgan fingerprint density at radius 1 is 0.596 bits per heavy atom. The Kier molecular flexibility index (Phi) is 36.6. The van der Waals surface area contributed by atoms with Gasteiger partial charge in [0.1, 0.15) is 12.1 Å². The number of carbonyl (C=O) groups is 3. The Morgan fingerprint density at radius 2 is 1.12 bits per heavy atom. The van der Waals surface area contributed by atoms with Crippen LogP contribution in [0.1, 0.15) is 174 Å². The predicted octanol–water partition coefficient (Wildman–Crippen LogP) is 11.6. The first-order valence-electron chi connectivity index (χ1n) is 20.8. The summed E-state index contributed by atoms with van der Waals surface area (Å²) in [4.78, 5) is 36.3. The van der Waals surface area contributed by atoms with E-state index >= 15 is 0 Å². The summed E-state index contributed by atoms with van der Waals surface area (Å²) in [7, 11) is 0. The van der Waals surface area contributed by atoms with Crippen molar-refractivity contribution in [1.29, 1.82) is 0 Å². The number of hydrogen-bond donors (Lipinski definition) is 3. The van der Waals surface area contributed by atoms with Crippen molar-refractivity contribution in [3.63, 3.8) is 0 Å². The van der Waals surface area contributed by atoms with Crippen molar-refractivity contribution in [1.82, 2.24) is 5.32 Å². The molecule has 0 aromatic heterocycles. The molecule has 2 atom stereocenters. The summed E-state index contributed by atoms with van der Waals surface area (Å²) in [6, 6.07) is -0.870. The first-order chi connectivity index (χ1) is 25.4. The van der Waals surface area contributed by atoms with Crippen LogP contribution in [0.25, 0.3) is 0 Å². The monoisotopic (exact) mass is 725 g/mol.